The Morgan fingerprint density at radius 2 is 2.06 bits per heavy atom. The minimum atomic E-state index is -0.348. The molecule has 8 heteroatoms. The van der Waals surface area contributed by atoms with E-state index in [1.807, 2.05) is 0 Å². The molecule has 96 valence electrons. The molecular formula is C10H12N4O3S. The van der Waals surface area contributed by atoms with E-state index in [9.17, 15) is 14.4 Å². The molecule has 3 amide bonds. The van der Waals surface area contributed by atoms with Gasteiger partial charge in [-0.2, -0.15) is 0 Å². The topological polar surface area (TPSA) is 105 Å². The first-order chi connectivity index (χ1) is 8.58. The molecule has 0 saturated carbocycles. The molecule has 0 bridgehead atoms. The van der Waals surface area contributed by atoms with E-state index in [0.29, 0.717) is 11.4 Å². The zero-order chi connectivity index (χ0) is 13.1. The zero-order valence-electron chi connectivity index (χ0n) is 9.43. The number of hydrazine groups is 1. The lowest BCUT2D eigenvalue weighted by atomic mass is 10.3. The zero-order valence-corrected chi connectivity index (χ0v) is 10.3. The first-order valence-corrected chi connectivity index (χ1v) is 6.05. The van der Waals surface area contributed by atoms with Crippen molar-refractivity contribution in [3.63, 3.8) is 0 Å². The van der Waals surface area contributed by atoms with Crippen LogP contribution in [0.1, 0.15) is 14.5 Å². The van der Waals surface area contributed by atoms with Gasteiger partial charge >= 0.3 is 0 Å². The third-order valence-electron chi connectivity index (χ3n) is 2.41. The van der Waals surface area contributed by atoms with Gasteiger partial charge in [-0.15, -0.1) is 11.3 Å². The van der Waals surface area contributed by atoms with Gasteiger partial charge in [-0.3, -0.25) is 30.0 Å². The summed E-state index contributed by atoms with van der Waals surface area (Å²) in [6, 6.07) is 3.44. The van der Waals surface area contributed by atoms with E-state index >= 15 is 0 Å². The monoisotopic (exact) mass is 268 g/mol. The number of imide groups is 1. The number of hydrogen-bond acceptors (Lipinski definition) is 6. The van der Waals surface area contributed by atoms with Gasteiger partial charge in [0.2, 0.25) is 11.8 Å². The van der Waals surface area contributed by atoms with Gasteiger partial charge in [0.05, 0.1) is 18.0 Å². The van der Waals surface area contributed by atoms with Crippen molar-refractivity contribution in [2.75, 3.05) is 13.1 Å². The number of hydrogen-bond donors (Lipinski definition) is 3. The number of rotatable bonds is 3. The Labute approximate surface area is 107 Å². The fraction of sp³-hybridized carbons (Fsp3) is 0.300. The smallest absolute Gasteiger partial charge is 0.275 e. The molecule has 0 unspecified atom stereocenters. The molecule has 0 atom stereocenters. The Balaban J connectivity index is 2.01. The van der Waals surface area contributed by atoms with E-state index in [-0.39, 0.29) is 30.8 Å². The van der Waals surface area contributed by atoms with Gasteiger partial charge in [-0.05, 0) is 12.1 Å². The fourth-order valence-electron chi connectivity index (χ4n) is 1.68. The Bertz CT molecular complexity index is 483. The molecule has 4 N–H and O–H groups in total. The second-order valence-electron chi connectivity index (χ2n) is 3.86. The first-order valence-electron chi connectivity index (χ1n) is 5.23. The predicted octanol–water partition coefficient (Wildman–Crippen LogP) is -1.19. The van der Waals surface area contributed by atoms with E-state index < -0.39 is 0 Å². The van der Waals surface area contributed by atoms with E-state index in [1.54, 1.807) is 17.0 Å². The fourth-order valence-corrected chi connectivity index (χ4v) is 2.64. The number of thiophene rings is 1. The summed E-state index contributed by atoms with van der Waals surface area (Å²) in [5, 5.41) is 2.23. The lowest BCUT2D eigenvalue weighted by molar-refractivity contribution is -0.136. The highest BCUT2D eigenvalue weighted by Gasteiger charge is 2.22. The summed E-state index contributed by atoms with van der Waals surface area (Å²) in [5.41, 5.74) is 2.05. The van der Waals surface area contributed by atoms with E-state index in [4.69, 9.17) is 5.84 Å². The van der Waals surface area contributed by atoms with E-state index in [0.717, 1.165) is 4.88 Å². The molecule has 1 aromatic heterocycles. The van der Waals surface area contributed by atoms with Gasteiger partial charge in [0, 0.05) is 11.4 Å². The van der Waals surface area contributed by atoms with Crippen LogP contribution >= 0.6 is 11.3 Å². The van der Waals surface area contributed by atoms with Crippen LogP contribution in [0.4, 0.5) is 0 Å². The number of nitrogens with one attached hydrogen (secondary N) is 2. The highest BCUT2D eigenvalue weighted by atomic mass is 32.1. The Kier molecular flexibility index (Phi) is 3.70. The summed E-state index contributed by atoms with van der Waals surface area (Å²) in [7, 11) is 0. The summed E-state index contributed by atoms with van der Waals surface area (Å²) in [6.45, 7) is 0.825. The van der Waals surface area contributed by atoms with Gasteiger partial charge in [0.15, 0.2) is 0 Å². The third kappa shape index (κ3) is 2.92. The predicted molar refractivity (Wildman–Crippen MR) is 64.4 cm³/mol. The summed E-state index contributed by atoms with van der Waals surface area (Å²) in [6.07, 6.45) is 0. The SMILES string of the molecule is NNC(=O)c1ccc(CN2CC(=O)NC(=O)C2)s1. The van der Waals surface area contributed by atoms with Crippen molar-refractivity contribution in [2.24, 2.45) is 5.84 Å². The minimum Gasteiger partial charge on any atom is -0.294 e. The average molecular weight is 268 g/mol. The summed E-state index contributed by atoms with van der Waals surface area (Å²) in [4.78, 5) is 36.8. The first kappa shape index (κ1) is 12.7. The summed E-state index contributed by atoms with van der Waals surface area (Å²) >= 11 is 1.28. The molecule has 1 saturated heterocycles. The van der Waals surface area contributed by atoms with Crippen molar-refractivity contribution in [3.8, 4) is 0 Å². The van der Waals surface area contributed by atoms with Crippen molar-refractivity contribution in [3.05, 3.63) is 21.9 Å². The van der Waals surface area contributed by atoms with Crippen LogP contribution in [0, 0.1) is 0 Å². The molecule has 0 spiro atoms. The van der Waals surface area contributed by atoms with Crippen molar-refractivity contribution in [1.29, 1.82) is 0 Å². The van der Waals surface area contributed by atoms with Crippen LogP contribution in [0.2, 0.25) is 0 Å². The second kappa shape index (κ2) is 5.25. The molecule has 0 radical (unpaired) electrons. The van der Waals surface area contributed by atoms with Crippen molar-refractivity contribution < 1.29 is 14.4 Å². The van der Waals surface area contributed by atoms with E-state index in [1.165, 1.54) is 11.3 Å². The van der Waals surface area contributed by atoms with Crippen LogP contribution in [-0.4, -0.2) is 35.7 Å². The summed E-state index contributed by atoms with van der Waals surface area (Å²) < 4.78 is 0. The van der Waals surface area contributed by atoms with Gasteiger partial charge < -0.3 is 0 Å². The third-order valence-corrected chi connectivity index (χ3v) is 3.48. The van der Waals surface area contributed by atoms with Gasteiger partial charge in [0.1, 0.15) is 0 Å². The number of nitrogens with zero attached hydrogens (tertiary/aromatic N) is 1. The normalized spacial score (nSPS) is 16.5. The van der Waals surface area contributed by atoms with E-state index in [2.05, 4.69) is 10.7 Å². The molecule has 1 aliphatic heterocycles. The van der Waals surface area contributed by atoms with Crippen molar-refractivity contribution in [2.45, 2.75) is 6.54 Å². The Morgan fingerprint density at radius 3 is 2.67 bits per heavy atom. The van der Waals surface area contributed by atoms with Gasteiger partial charge in [-0.25, -0.2) is 5.84 Å². The van der Waals surface area contributed by atoms with Gasteiger partial charge in [-0.1, -0.05) is 0 Å². The second-order valence-corrected chi connectivity index (χ2v) is 5.02. The molecule has 0 aliphatic carbocycles. The molecule has 1 aliphatic rings. The molecule has 1 aromatic rings. The lowest BCUT2D eigenvalue weighted by Crippen LogP contribution is -2.50. The number of carbonyl (C=O) groups excluding carboxylic acids is 3. The molecule has 0 aromatic carbocycles. The van der Waals surface area contributed by atoms with Crippen LogP contribution in [0.15, 0.2) is 12.1 Å². The van der Waals surface area contributed by atoms with Crippen LogP contribution < -0.4 is 16.6 Å². The Hall–Kier alpha value is -1.77. The molecule has 2 rings (SSSR count). The number of amides is 3. The lowest BCUT2D eigenvalue weighted by Gasteiger charge is -2.24. The largest absolute Gasteiger partial charge is 0.294 e. The molecule has 1 fully saturated rings. The van der Waals surface area contributed by atoms with Crippen molar-refractivity contribution >= 4 is 29.1 Å². The molecule has 7 nitrogen and oxygen atoms in total. The molecule has 2 heterocycles. The average Bonchev–Trinajstić information content (AvgIpc) is 2.75. The number of nitrogens with two attached hydrogens (primary N) is 1. The minimum absolute atomic E-state index is 0.183. The van der Waals surface area contributed by atoms with Crippen LogP contribution in [-0.2, 0) is 16.1 Å². The van der Waals surface area contributed by atoms with Gasteiger partial charge in [0.25, 0.3) is 5.91 Å². The van der Waals surface area contributed by atoms with Crippen molar-refractivity contribution in [1.82, 2.24) is 15.6 Å². The number of piperazine rings is 1. The molecule has 18 heavy (non-hydrogen) atoms. The summed E-state index contributed by atoms with van der Waals surface area (Å²) in [5.74, 6) is 4.08. The molecular weight excluding hydrogens is 256 g/mol. The maximum absolute atomic E-state index is 11.3. The number of carbonyl (C=O) groups is 3. The highest BCUT2D eigenvalue weighted by molar-refractivity contribution is 7.14. The standard InChI is InChI=1S/C10H12N4O3S/c11-13-10(17)7-2-1-6(18-7)3-14-4-8(15)12-9(16)5-14/h1-2H,3-5,11H2,(H,13,17)(H,12,15,16). The Morgan fingerprint density at radius 1 is 1.39 bits per heavy atom. The number of nitrogen functional groups attached to an aromatic ring is 1. The van der Waals surface area contributed by atoms with Crippen LogP contribution in [0.5, 0.6) is 0 Å². The highest BCUT2D eigenvalue weighted by Crippen LogP contribution is 2.18. The maximum Gasteiger partial charge on any atom is 0.275 e. The quantitative estimate of drug-likeness (QED) is 0.277. The van der Waals surface area contributed by atoms with Crippen LogP contribution in [0.3, 0.4) is 0 Å². The maximum atomic E-state index is 11.3. The van der Waals surface area contributed by atoms with Crippen LogP contribution in [0.25, 0.3) is 0 Å².